The molecule has 2 N–H and O–H groups in total. The number of pyridine rings is 1. The Hall–Kier alpha value is -4.01. The quantitative estimate of drug-likeness (QED) is 0.496. The monoisotopic (exact) mass is 418 g/mol. The molecule has 3 aromatic rings. The number of H-pyrrole nitrogens is 1. The standard InChI is InChI=1S/C22H19N5O4/c1-13-12-18(27(25-13)17-8-4-5-11-23-17)24-20(29)16-9-10-19(28)26(16)21-14-6-2-3-7-15(14)22(30)31-21/h2-8,11-12,16,21H,9-10H2,1H3,(H,24,25,29)/p+1/t16-,21-/m1/s1. The van der Waals surface area contributed by atoms with Gasteiger partial charge in [0.2, 0.25) is 12.1 Å². The lowest BCUT2D eigenvalue weighted by Crippen LogP contribution is -2.46. The topological polar surface area (TPSA) is 108 Å². The lowest BCUT2D eigenvalue weighted by Gasteiger charge is -2.28. The molecule has 0 radical (unpaired) electrons. The molecule has 31 heavy (non-hydrogen) atoms. The van der Waals surface area contributed by atoms with Crippen LogP contribution in [0.4, 0.5) is 5.82 Å². The lowest BCUT2D eigenvalue weighted by molar-refractivity contribution is -0.645. The maximum atomic E-state index is 13.2. The fraction of sp³-hybridized carbons (Fsp3) is 0.227. The minimum absolute atomic E-state index is 0.209. The zero-order chi connectivity index (χ0) is 21.5. The molecular formula is C22H20N5O4+. The van der Waals surface area contributed by atoms with Gasteiger partial charge in [-0.2, -0.15) is 0 Å². The number of fused-ring (bicyclic) bond motifs is 1. The zero-order valence-electron chi connectivity index (χ0n) is 16.7. The SMILES string of the molecule is Cc1cc(NC(=O)[C@H]2CCC(=O)N2[C@@H]2OC(=O)c3ccccc32)[n+](-c2ccccn2)[nH]1. The average molecular weight is 418 g/mol. The van der Waals surface area contributed by atoms with E-state index in [1.165, 1.54) is 4.90 Å². The number of rotatable bonds is 4. The molecule has 2 amide bonds. The first kappa shape index (κ1) is 19.0. The number of aromatic amines is 1. The Morgan fingerprint density at radius 3 is 2.84 bits per heavy atom. The van der Waals surface area contributed by atoms with Gasteiger partial charge in [-0.05, 0) is 25.5 Å². The molecule has 0 bridgehead atoms. The number of ether oxygens (including phenoxy) is 1. The summed E-state index contributed by atoms with van der Waals surface area (Å²) < 4.78 is 7.14. The van der Waals surface area contributed by atoms with Crippen molar-refractivity contribution in [3.05, 3.63) is 71.5 Å². The summed E-state index contributed by atoms with van der Waals surface area (Å²) in [6, 6.07) is 13.4. The molecule has 0 spiro atoms. The zero-order valence-corrected chi connectivity index (χ0v) is 16.7. The maximum Gasteiger partial charge on any atom is 0.340 e. The summed E-state index contributed by atoms with van der Waals surface area (Å²) in [4.78, 5) is 43.8. The van der Waals surface area contributed by atoms with Gasteiger partial charge in [-0.25, -0.2) is 15.2 Å². The molecule has 0 aliphatic carbocycles. The predicted octanol–water partition coefficient (Wildman–Crippen LogP) is 1.79. The van der Waals surface area contributed by atoms with E-state index in [-0.39, 0.29) is 18.2 Å². The van der Waals surface area contributed by atoms with Crippen LogP contribution in [0.1, 0.15) is 40.7 Å². The molecule has 0 saturated carbocycles. The molecule has 2 aromatic heterocycles. The summed E-state index contributed by atoms with van der Waals surface area (Å²) in [5, 5.41) is 6.04. The number of hydrogen-bond acceptors (Lipinski definition) is 5. The molecule has 2 aliphatic heterocycles. The molecular weight excluding hydrogens is 398 g/mol. The summed E-state index contributed by atoms with van der Waals surface area (Å²) in [6.07, 6.45) is 1.31. The molecule has 156 valence electrons. The van der Waals surface area contributed by atoms with Gasteiger partial charge >= 0.3 is 11.9 Å². The summed E-state index contributed by atoms with van der Waals surface area (Å²) in [7, 11) is 0. The number of cyclic esters (lactones) is 1. The van der Waals surface area contributed by atoms with Crippen LogP contribution in [0.5, 0.6) is 0 Å². The van der Waals surface area contributed by atoms with Crippen LogP contribution >= 0.6 is 0 Å². The van der Waals surface area contributed by atoms with Gasteiger partial charge in [0.05, 0.1) is 5.56 Å². The van der Waals surface area contributed by atoms with E-state index in [0.29, 0.717) is 29.2 Å². The molecule has 9 nitrogen and oxygen atoms in total. The Morgan fingerprint density at radius 2 is 2.03 bits per heavy atom. The number of anilines is 1. The Balaban J connectivity index is 1.43. The number of likely N-dealkylation sites (tertiary alicyclic amines) is 1. The van der Waals surface area contributed by atoms with Crippen LogP contribution < -0.4 is 10.00 Å². The van der Waals surface area contributed by atoms with E-state index in [2.05, 4.69) is 15.4 Å². The number of carbonyl (C=O) groups excluding carboxylic acids is 3. The fourth-order valence-corrected chi connectivity index (χ4v) is 4.09. The van der Waals surface area contributed by atoms with Crippen LogP contribution in [-0.4, -0.2) is 38.8 Å². The lowest BCUT2D eigenvalue weighted by atomic mass is 10.1. The number of amides is 2. The van der Waals surface area contributed by atoms with Gasteiger partial charge in [0.15, 0.2) is 0 Å². The van der Waals surface area contributed by atoms with Crippen LogP contribution in [0.25, 0.3) is 5.82 Å². The average Bonchev–Trinajstić information content (AvgIpc) is 3.44. The third-order valence-corrected chi connectivity index (χ3v) is 5.49. The van der Waals surface area contributed by atoms with E-state index in [1.54, 1.807) is 47.3 Å². The van der Waals surface area contributed by atoms with Crippen LogP contribution in [0.15, 0.2) is 54.7 Å². The number of nitrogens with zero attached hydrogens (tertiary/aromatic N) is 3. The highest BCUT2D eigenvalue weighted by molar-refractivity contribution is 5.99. The van der Waals surface area contributed by atoms with Crippen molar-refractivity contribution >= 4 is 23.6 Å². The minimum atomic E-state index is -0.898. The molecule has 9 heteroatoms. The minimum Gasteiger partial charge on any atom is -0.433 e. The van der Waals surface area contributed by atoms with Crippen LogP contribution in [0.3, 0.4) is 0 Å². The number of esters is 1. The smallest absolute Gasteiger partial charge is 0.340 e. The first-order valence-electron chi connectivity index (χ1n) is 9.98. The maximum absolute atomic E-state index is 13.2. The predicted molar refractivity (Wildman–Crippen MR) is 108 cm³/mol. The normalized spacial score (nSPS) is 20.0. The third-order valence-electron chi connectivity index (χ3n) is 5.49. The first-order chi connectivity index (χ1) is 15.0. The molecule has 5 rings (SSSR count). The Bertz CT molecular complexity index is 1190. The first-order valence-corrected chi connectivity index (χ1v) is 9.98. The molecule has 1 aromatic carbocycles. The van der Waals surface area contributed by atoms with E-state index in [9.17, 15) is 14.4 Å². The summed E-state index contributed by atoms with van der Waals surface area (Å²) >= 11 is 0. The van der Waals surface area contributed by atoms with Crippen molar-refractivity contribution in [3.63, 3.8) is 0 Å². The Morgan fingerprint density at radius 1 is 1.23 bits per heavy atom. The molecule has 1 fully saturated rings. The highest BCUT2D eigenvalue weighted by Crippen LogP contribution is 2.38. The van der Waals surface area contributed by atoms with Gasteiger partial charge in [0.25, 0.3) is 11.6 Å². The van der Waals surface area contributed by atoms with Crippen LogP contribution in [-0.2, 0) is 14.3 Å². The summed E-state index contributed by atoms with van der Waals surface area (Å²) in [5.41, 5.74) is 1.85. The van der Waals surface area contributed by atoms with Crippen LogP contribution in [0, 0.1) is 6.92 Å². The highest BCUT2D eigenvalue weighted by atomic mass is 16.6. The van der Waals surface area contributed by atoms with E-state index >= 15 is 0 Å². The second-order valence-electron chi connectivity index (χ2n) is 7.54. The fourth-order valence-electron chi connectivity index (χ4n) is 4.09. The van der Waals surface area contributed by atoms with Gasteiger partial charge in [-0.15, -0.1) is 9.67 Å². The van der Waals surface area contributed by atoms with E-state index in [1.807, 2.05) is 19.1 Å². The number of aromatic nitrogens is 3. The van der Waals surface area contributed by atoms with Gasteiger partial charge in [0.1, 0.15) is 12.2 Å². The highest BCUT2D eigenvalue weighted by Gasteiger charge is 2.47. The van der Waals surface area contributed by atoms with Crippen LogP contribution in [0.2, 0.25) is 0 Å². The van der Waals surface area contributed by atoms with Gasteiger partial charge in [-0.3, -0.25) is 14.5 Å². The summed E-state index contributed by atoms with van der Waals surface area (Å²) in [5.74, 6) is 0.0504. The molecule has 2 aliphatic rings. The number of carbonyl (C=O) groups is 3. The number of hydrogen-bond donors (Lipinski definition) is 2. The van der Waals surface area contributed by atoms with E-state index in [4.69, 9.17) is 4.74 Å². The van der Waals surface area contributed by atoms with Crippen molar-refractivity contribution in [2.45, 2.75) is 32.0 Å². The number of nitrogens with one attached hydrogen (secondary N) is 2. The van der Waals surface area contributed by atoms with Crippen molar-refractivity contribution in [1.29, 1.82) is 0 Å². The second-order valence-corrected chi connectivity index (χ2v) is 7.54. The van der Waals surface area contributed by atoms with Gasteiger partial charge in [0, 0.05) is 29.8 Å². The van der Waals surface area contributed by atoms with E-state index in [0.717, 1.165) is 5.69 Å². The van der Waals surface area contributed by atoms with Crippen molar-refractivity contribution in [2.75, 3.05) is 5.32 Å². The second kappa shape index (κ2) is 7.35. The molecule has 1 saturated heterocycles. The van der Waals surface area contributed by atoms with Gasteiger partial charge < -0.3 is 4.74 Å². The Kier molecular flexibility index (Phi) is 4.50. The van der Waals surface area contributed by atoms with Crippen molar-refractivity contribution in [3.8, 4) is 5.82 Å². The largest absolute Gasteiger partial charge is 0.433 e. The number of aryl methyl sites for hydroxylation is 1. The Labute approximate surface area is 177 Å². The summed E-state index contributed by atoms with van der Waals surface area (Å²) in [6.45, 7) is 1.87. The molecule has 2 atom stereocenters. The van der Waals surface area contributed by atoms with Crippen molar-refractivity contribution in [1.82, 2.24) is 15.0 Å². The number of benzene rings is 1. The van der Waals surface area contributed by atoms with Crippen molar-refractivity contribution in [2.24, 2.45) is 0 Å². The molecule has 0 unspecified atom stereocenters. The van der Waals surface area contributed by atoms with Crippen molar-refractivity contribution < 1.29 is 23.8 Å². The molecule has 4 heterocycles. The third kappa shape index (κ3) is 3.24. The van der Waals surface area contributed by atoms with E-state index < -0.39 is 18.2 Å². The van der Waals surface area contributed by atoms with Gasteiger partial charge in [-0.1, -0.05) is 24.3 Å².